The molecule has 0 fully saturated rings. The summed E-state index contributed by atoms with van der Waals surface area (Å²) in [5.74, 6) is -6.65. The smallest absolute Gasteiger partial charge is 0.322 e. The third-order valence-electron chi connectivity index (χ3n) is 3.99. The lowest BCUT2D eigenvalue weighted by Crippen LogP contribution is -2.56. The number of hydrogen-bond acceptors (Lipinski definition) is 7. The van der Waals surface area contributed by atoms with Gasteiger partial charge in [0.05, 0.1) is 6.04 Å². The maximum absolute atomic E-state index is 12.6. The molecule has 0 aromatic rings. The molecule has 3 amide bonds. The fourth-order valence-corrected chi connectivity index (χ4v) is 2.20. The van der Waals surface area contributed by atoms with Crippen molar-refractivity contribution in [2.24, 2.45) is 11.7 Å². The quantitative estimate of drug-likeness (QED) is 0.158. The Morgan fingerprint density at radius 3 is 1.57 bits per heavy atom. The van der Waals surface area contributed by atoms with Crippen molar-refractivity contribution in [3.05, 3.63) is 0 Å². The van der Waals surface area contributed by atoms with Gasteiger partial charge in [0.1, 0.15) is 18.6 Å². The Morgan fingerprint density at radius 1 is 0.733 bits per heavy atom. The van der Waals surface area contributed by atoms with Crippen LogP contribution in [0.3, 0.4) is 0 Å². The number of nitrogens with one attached hydrogen (secondary N) is 3. The van der Waals surface area contributed by atoms with Gasteiger partial charge in [0.25, 0.3) is 0 Å². The Balaban J connectivity index is 5.36. The van der Waals surface area contributed by atoms with E-state index in [0.29, 0.717) is 0 Å². The summed E-state index contributed by atoms with van der Waals surface area (Å²) in [4.78, 5) is 69.1. The van der Waals surface area contributed by atoms with E-state index in [2.05, 4.69) is 10.6 Å². The van der Waals surface area contributed by atoms with Crippen LogP contribution in [0.4, 0.5) is 0 Å². The van der Waals surface area contributed by atoms with Gasteiger partial charge in [-0.15, -0.1) is 0 Å². The number of hydrogen-bond donors (Lipinski definition) is 7. The zero-order valence-electron chi connectivity index (χ0n) is 16.7. The summed E-state index contributed by atoms with van der Waals surface area (Å²) in [5.41, 5.74) is 5.72. The van der Waals surface area contributed by atoms with Crippen LogP contribution in [0.15, 0.2) is 0 Å². The van der Waals surface area contributed by atoms with Crippen LogP contribution in [0.5, 0.6) is 0 Å². The number of nitrogens with two attached hydrogens (primary N) is 1. The SMILES string of the molecule is CC(C)C(N)C(=O)NC(CCC(=O)O)C(=O)NC(CCC(=O)O)C(=O)NCC(=O)O. The molecule has 30 heavy (non-hydrogen) atoms. The molecular weight excluding hydrogens is 404 g/mol. The van der Waals surface area contributed by atoms with Crippen LogP contribution in [-0.4, -0.2) is 75.6 Å². The lowest BCUT2D eigenvalue weighted by atomic mass is 10.0. The Bertz CT molecular complexity index is 666. The van der Waals surface area contributed by atoms with Crippen LogP contribution in [0.2, 0.25) is 0 Å². The van der Waals surface area contributed by atoms with Gasteiger partial charge < -0.3 is 37.0 Å². The average Bonchev–Trinajstić information content (AvgIpc) is 2.64. The van der Waals surface area contributed by atoms with Gasteiger partial charge in [-0.3, -0.25) is 28.8 Å². The fraction of sp³-hybridized carbons (Fsp3) is 0.647. The summed E-state index contributed by atoms with van der Waals surface area (Å²) < 4.78 is 0. The monoisotopic (exact) mass is 432 g/mol. The minimum absolute atomic E-state index is 0.265. The number of rotatable bonds is 14. The summed E-state index contributed by atoms with van der Waals surface area (Å²) in [6.07, 6.45) is -1.63. The fourth-order valence-electron chi connectivity index (χ4n) is 2.20. The van der Waals surface area contributed by atoms with Crippen molar-refractivity contribution in [2.75, 3.05) is 6.54 Å². The van der Waals surface area contributed by atoms with E-state index < -0.39 is 73.1 Å². The molecule has 0 aromatic carbocycles. The van der Waals surface area contributed by atoms with Gasteiger partial charge in [-0.25, -0.2) is 0 Å². The van der Waals surface area contributed by atoms with Crippen LogP contribution in [-0.2, 0) is 28.8 Å². The first-order valence-corrected chi connectivity index (χ1v) is 9.14. The van der Waals surface area contributed by atoms with Crippen molar-refractivity contribution in [3.63, 3.8) is 0 Å². The molecule has 0 bridgehead atoms. The minimum Gasteiger partial charge on any atom is -0.481 e. The molecule has 170 valence electrons. The van der Waals surface area contributed by atoms with Crippen molar-refractivity contribution in [3.8, 4) is 0 Å². The van der Waals surface area contributed by atoms with E-state index in [1.54, 1.807) is 13.8 Å². The highest BCUT2D eigenvalue weighted by Crippen LogP contribution is 2.05. The third-order valence-corrected chi connectivity index (χ3v) is 3.99. The molecule has 13 heteroatoms. The zero-order chi connectivity index (χ0) is 23.4. The Hall–Kier alpha value is -3.22. The normalized spacial score (nSPS) is 13.6. The second-order valence-corrected chi connectivity index (χ2v) is 6.87. The van der Waals surface area contributed by atoms with Gasteiger partial charge in [-0.2, -0.15) is 0 Å². The van der Waals surface area contributed by atoms with Crippen molar-refractivity contribution < 1.29 is 44.1 Å². The molecule has 0 spiro atoms. The van der Waals surface area contributed by atoms with Gasteiger partial charge in [0, 0.05) is 12.8 Å². The van der Waals surface area contributed by atoms with Gasteiger partial charge in [0.15, 0.2) is 0 Å². The zero-order valence-corrected chi connectivity index (χ0v) is 16.7. The standard InChI is InChI=1S/C17H28N4O9/c1-8(2)14(18)17(30)21-10(4-6-12(24)25)16(29)20-9(3-5-11(22)23)15(28)19-7-13(26)27/h8-10,14H,3-7,18H2,1-2H3,(H,19,28)(H,20,29)(H,21,30)(H,22,23)(H,24,25)(H,26,27). The first-order valence-electron chi connectivity index (χ1n) is 9.14. The van der Waals surface area contributed by atoms with Crippen LogP contribution >= 0.6 is 0 Å². The first kappa shape index (κ1) is 26.8. The molecule has 0 heterocycles. The third kappa shape index (κ3) is 10.9. The minimum atomic E-state index is -1.41. The first-order chi connectivity index (χ1) is 13.8. The maximum atomic E-state index is 12.6. The van der Waals surface area contributed by atoms with Crippen LogP contribution in [0, 0.1) is 5.92 Å². The van der Waals surface area contributed by atoms with E-state index in [1.165, 1.54) is 0 Å². The molecule has 0 saturated heterocycles. The van der Waals surface area contributed by atoms with Gasteiger partial charge in [-0.05, 0) is 18.8 Å². The van der Waals surface area contributed by atoms with E-state index in [4.69, 9.17) is 21.1 Å². The van der Waals surface area contributed by atoms with Crippen molar-refractivity contribution >= 4 is 35.6 Å². The van der Waals surface area contributed by atoms with E-state index in [9.17, 15) is 28.8 Å². The predicted molar refractivity (Wildman–Crippen MR) is 101 cm³/mol. The molecular formula is C17H28N4O9. The molecule has 0 aliphatic heterocycles. The van der Waals surface area contributed by atoms with E-state index in [1.807, 2.05) is 5.32 Å². The van der Waals surface area contributed by atoms with Gasteiger partial charge in [-0.1, -0.05) is 13.8 Å². The Labute approximate surface area is 172 Å². The number of carbonyl (C=O) groups is 6. The highest BCUT2D eigenvalue weighted by molar-refractivity contribution is 5.94. The van der Waals surface area contributed by atoms with Crippen LogP contribution in [0.25, 0.3) is 0 Å². The highest BCUT2D eigenvalue weighted by Gasteiger charge is 2.29. The van der Waals surface area contributed by atoms with Crippen molar-refractivity contribution in [1.82, 2.24) is 16.0 Å². The lowest BCUT2D eigenvalue weighted by molar-refractivity contribution is -0.140. The number of carboxylic acid groups (broad SMARTS) is 3. The number of carboxylic acids is 3. The average molecular weight is 432 g/mol. The van der Waals surface area contributed by atoms with E-state index in [0.717, 1.165) is 0 Å². The molecule has 0 radical (unpaired) electrons. The van der Waals surface area contributed by atoms with Crippen LogP contribution in [0.1, 0.15) is 39.5 Å². The largest absolute Gasteiger partial charge is 0.481 e. The lowest BCUT2D eigenvalue weighted by Gasteiger charge is -2.24. The molecule has 8 N–H and O–H groups in total. The van der Waals surface area contributed by atoms with E-state index >= 15 is 0 Å². The number of carbonyl (C=O) groups excluding carboxylic acids is 3. The molecule has 0 aliphatic rings. The molecule has 13 nitrogen and oxygen atoms in total. The Kier molecular flexibility index (Phi) is 11.7. The van der Waals surface area contributed by atoms with Crippen LogP contribution < -0.4 is 21.7 Å². The van der Waals surface area contributed by atoms with Crippen molar-refractivity contribution in [1.29, 1.82) is 0 Å². The topological polar surface area (TPSA) is 225 Å². The number of aliphatic carboxylic acids is 3. The van der Waals surface area contributed by atoms with Gasteiger partial charge in [0.2, 0.25) is 17.7 Å². The highest BCUT2D eigenvalue weighted by atomic mass is 16.4. The molecule has 0 saturated carbocycles. The molecule has 3 unspecified atom stereocenters. The summed E-state index contributed by atoms with van der Waals surface area (Å²) in [6, 6.07) is -3.72. The molecule has 0 rings (SSSR count). The second kappa shape index (κ2) is 13.1. The summed E-state index contributed by atoms with van der Waals surface area (Å²) in [6.45, 7) is 2.59. The summed E-state index contributed by atoms with van der Waals surface area (Å²) >= 11 is 0. The Morgan fingerprint density at radius 2 is 1.17 bits per heavy atom. The van der Waals surface area contributed by atoms with Gasteiger partial charge >= 0.3 is 17.9 Å². The maximum Gasteiger partial charge on any atom is 0.322 e. The summed E-state index contributed by atoms with van der Waals surface area (Å²) in [7, 11) is 0. The second-order valence-electron chi connectivity index (χ2n) is 6.87. The molecule has 0 aliphatic carbocycles. The molecule has 0 aromatic heterocycles. The van der Waals surface area contributed by atoms with Crippen molar-refractivity contribution in [2.45, 2.75) is 57.7 Å². The molecule has 3 atom stereocenters. The summed E-state index contributed by atoms with van der Waals surface area (Å²) in [5, 5.41) is 32.9. The van der Waals surface area contributed by atoms with E-state index in [-0.39, 0.29) is 18.8 Å². The number of amides is 3. The predicted octanol–water partition coefficient (Wildman–Crippen LogP) is -2.13.